The molecule has 0 aliphatic carbocycles. The number of amides is 2. The Labute approximate surface area is 111 Å². The Morgan fingerprint density at radius 1 is 1.05 bits per heavy atom. The van der Waals surface area contributed by atoms with Crippen LogP contribution >= 0.6 is 0 Å². The van der Waals surface area contributed by atoms with Crippen molar-refractivity contribution in [2.75, 3.05) is 5.43 Å². The topological polar surface area (TPSA) is 76.4 Å². The molecule has 0 aliphatic heterocycles. The Morgan fingerprint density at radius 2 is 1.74 bits per heavy atom. The van der Waals surface area contributed by atoms with Crippen molar-refractivity contribution in [3.8, 4) is 5.75 Å². The average molecular weight is 257 g/mol. The molecule has 0 atom stereocenters. The van der Waals surface area contributed by atoms with Gasteiger partial charge in [-0.1, -0.05) is 30.3 Å². The van der Waals surface area contributed by atoms with Crippen LogP contribution in [0.25, 0.3) is 0 Å². The SMILES string of the molecule is NC(=O)NNc1ccc(OCc2ccccc2)cc1. The molecule has 98 valence electrons. The van der Waals surface area contributed by atoms with Gasteiger partial charge in [0.25, 0.3) is 0 Å². The van der Waals surface area contributed by atoms with Crippen LogP contribution in [-0.2, 0) is 6.61 Å². The lowest BCUT2D eigenvalue weighted by Crippen LogP contribution is -2.34. The van der Waals surface area contributed by atoms with Crippen LogP contribution in [0.15, 0.2) is 54.6 Å². The van der Waals surface area contributed by atoms with Gasteiger partial charge < -0.3 is 10.5 Å². The van der Waals surface area contributed by atoms with Gasteiger partial charge in [0.1, 0.15) is 12.4 Å². The minimum Gasteiger partial charge on any atom is -0.489 e. The number of carbonyl (C=O) groups excluding carboxylic acids is 1. The van der Waals surface area contributed by atoms with Crippen LogP contribution in [0, 0.1) is 0 Å². The summed E-state index contributed by atoms with van der Waals surface area (Å²) in [5.74, 6) is 0.758. The van der Waals surface area contributed by atoms with Gasteiger partial charge in [0.15, 0.2) is 0 Å². The second kappa shape index (κ2) is 6.30. The van der Waals surface area contributed by atoms with E-state index >= 15 is 0 Å². The molecule has 2 aromatic rings. The maximum Gasteiger partial charge on any atom is 0.330 e. The summed E-state index contributed by atoms with van der Waals surface area (Å²) in [6.45, 7) is 0.521. The van der Waals surface area contributed by atoms with Gasteiger partial charge >= 0.3 is 6.03 Å². The number of hydrazine groups is 1. The Kier molecular flexibility index (Phi) is 4.23. The highest BCUT2D eigenvalue weighted by Gasteiger charge is 1.97. The molecule has 0 heterocycles. The van der Waals surface area contributed by atoms with E-state index in [1.165, 1.54) is 0 Å². The highest BCUT2D eigenvalue weighted by atomic mass is 16.5. The van der Waals surface area contributed by atoms with Crippen molar-refractivity contribution in [3.63, 3.8) is 0 Å². The number of ether oxygens (including phenoxy) is 1. The molecular formula is C14H15N3O2. The van der Waals surface area contributed by atoms with Crippen LogP contribution < -0.4 is 21.3 Å². The fourth-order valence-corrected chi connectivity index (χ4v) is 1.51. The van der Waals surface area contributed by atoms with E-state index in [1.54, 1.807) is 12.1 Å². The second-order valence-electron chi connectivity index (χ2n) is 3.91. The zero-order valence-electron chi connectivity index (χ0n) is 10.3. The quantitative estimate of drug-likeness (QED) is 0.719. The van der Waals surface area contributed by atoms with Gasteiger partial charge in [-0.15, -0.1) is 0 Å². The van der Waals surface area contributed by atoms with Crippen molar-refractivity contribution in [2.45, 2.75) is 6.61 Å². The number of nitrogens with two attached hydrogens (primary N) is 1. The van der Waals surface area contributed by atoms with Crippen molar-refractivity contribution in [1.29, 1.82) is 0 Å². The number of carbonyl (C=O) groups is 1. The molecular weight excluding hydrogens is 242 g/mol. The predicted octanol–water partition coefficient (Wildman–Crippen LogP) is 2.26. The first-order valence-electron chi connectivity index (χ1n) is 5.82. The summed E-state index contributed by atoms with van der Waals surface area (Å²) in [6, 6.07) is 16.5. The molecule has 0 fully saturated rings. The molecule has 2 amide bonds. The summed E-state index contributed by atoms with van der Waals surface area (Å²) in [6.07, 6.45) is 0. The van der Waals surface area contributed by atoms with Crippen LogP contribution in [0.4, 0.5) is 10.5 Å². The van der Waals surface area contributed by atoms with E-state index in [9.17, 15) is 4.79 Å². The zero-order valence-corrected chi connectivity index (χ0v) is 10.3. The predicted molar refractivity (Wildman–Crippen MR) is 73.6 cm³/mol. The van der Waals surface area contributed by atoms with Gasteiger partial charge in [-0.25, -0.2) is 4.79 Å². The first kappa shape index (κ1) is 12.8. The van der Waals surface area contributed by atoms with E-state index in [1.807, 2.05) is 42.5 Å². The largest absolute Gasteiger partial charge is 0.489 e. The van der Waals surface area contributed by atoms with Gasteiger partial charge in [-0.2, -0.15) is 0 Å². The molecule has 2 aromatic carbocycles. The van der Waals surface area contributed by atoms with Crippen molar-refractivity contribution in [2.24, 2.45) is 5.73 Å². The average Bonchev–Trinajstić information content (AvgIpc) is 2.45. The van der Waals surface area contributed by atoms with Crippen molar-refractivity contribution >= 4 is 11.7 Å². The number of hydrogen-bond donors (Lipinski definition) is 3. The Bertz CT molecular complexity index is 526. The van der Waals surface area contributed by atoms with Crippen LogP contribution in [0.1, 0.15) is 5.56 Å². The molecule has 0 saturated heterocycles. The highest BCUT2D eigenvalue weighted by Crippen LogP contribution is 2.16. The molecule has 0 spiro atoms. The molecule has 19 heavy (non-hydrogen) atoms. The fourth-order valence-electron chi connectivity index (χ4n) is 1.51. The van der Waals surface area contributed by atoms with E-state index in [4.69, 9.17) is 10.5 Å². The normalized spacial score (nSPS) is 9.68. The number of primary amides is 1. The second-order valence-corrected chi connectivity index (χ2v) is 3.91. The Hall–Kier alpha value is -2.69. The van der Waals surface area contributed by atoms with Crippen molar-refractivity contribution in [1.82, 2.24) is 5.43 Å². The van der Waals surface area contributed by atoms with E-state index in [0.717, 1.165) is 17.0 Å². The first-order chi connectivity index (χ1) is 9.24. The number of anilines is 1. The fraction of sp³-hybridized carbons (Fsp3) is 0.0714. The standard InChI is InChI=1S/C14H15N3O2/c15-14(18)17-16-12-6-8-13(9-7-12)19-10-11-4-2-1-3-5-11/h1-9,16H,10H2,(H3,15,17,18). The lowest BCUT2D eigenvalue weighted by Gasteiger charge is -2.08. The summed E-state index contributed by atoms with van der Waals surface area (Å²) < 4.78 is 5.63. The van der Waals surface area contributed by atoms with Gasteiger partial charge in [0, 0.05) is 0 Å². The summed E-state index contributed by atoms with van der Waals surface area (Å²) in [5, 5.41) is 0. The van der Waals surface area contributed by atoms with E-state index in [2.05, 4.69) is 10.9 Å². The number of nitrogens with one attached hydrogen (secondary N) is 2. The maximum absolute atomic E-state index is 10.5. The van der Waals surface area contributed by atoms with Crippen LogP contribution in [0.2, 0.25) is 0 Å². The highest BCUT2D eigenvalue weighted by molar-refractivity contribution is 5.73. The smallest absolute Gasteiger partial charge is 0.330 e. The lowest BCUT2D eigenvalue weighted by atomic mass is 10.2. The lowest BCUT2D eigenvalue weighted by molar-refractivity contribution is 0.250. The monoisotopic (exact) mass is 257 g/mol. The van der Waals surface area contributed by atoms with E-state index in [-0.39, 0.29) is 0 Å². The summed E-state index contributed by atoms with van der Waals surface area (Å²) in [4.78, 5) is 10.5. The molecule has 0 saturated carbocycles. The van der Waals surface area contributed by atoms with Gasteiger partial charge in [-0.3, -0.25) is 10.9 Å². The molecule has 0 aliphatic rings. The third kappa shape index (κ3) is 4.23. The number of urea groups is 1. The van der Waals surface area contributed by atoms with E-state index < -0.39 is 6.03 Å². The van der Waals surface area contributed by atoms with Crippen molar-refractivity contribution < 1.29 is 9.53 Å². The van der Waals surface area contributed by atoms with Crippen LogP contribution in [0.5, 0.6) is 5.75 Å². The van der Waals surface area contributed by atoms with E-state index in [0.29, 0.717) is 6.61 Å². The van der Waals surface area contributed by atoms with Gasteiger partial charge in [0.05, 0.1) is 5.69 Å². The summed E-state index contributed by atoms with van der Waals surface area (Å²) in [5.41, 5.74) is 11.7. The number of rotatable bonds is 5. The molecule has 0 aromatic heterocycles. The molecule has 4 N–H and O–H groups in total. The summed E-state index contributed by atoms with van der Waals surface area (Å²) >= 11 is 0. The minimum absolute atomic E-state index is 0.521. The summed E-state index contributed by atoms with van der Waals surface area (Å²) in [7, 11) is 0. The molecule has 2 rings (SSSR count). The minimum atomic E-state index is -0.635. The Morgan fingerprint density at radius 3 is 2.37 bits per heavy atom. The third-order valence-electron chi connectivity index (χ3n) is 2.43. The zero-order chi connectivity index (χ0) is 13.5. The van der Waals surface area contributed by atoms with Gasteiger partial charge in [-0.05, 0) is 29.8 Å². The molecule has 0 bridgehead atoms. The van der Waals surface area contributed by atoms with Crippen LogP contribution in [0.3, 0.4) is 0 Å². The molecule has 0 radical (unpaired) electrons. The Balaban J connectivity index is 1.86. The maximum atomic E-state index is 10.5. The molecule has 5 heteroatoms. The van der Waals surface area contributed by atoms with Gasteiger partial charge in [0.2, 0.25) is 0 Å². The number of hydrogen-bond acceptors (Lipinski definition) is 3. The van der Waals surface area contributed by atoms with Crippen molar-refractivity contribution in [3.05, 3.63) is 60.2 Å². The first-order valence-corrected chi connectivity index (χ1v) is 5.82. The molecule has 0 unspecified atom stereocenters. The third-order valence-corrected chi connectivity index (χ3v) is 2.43. The molecule has 5 nitrogen and oxygen atoms in total. The number of benzene rings is 2. The van der Waals surface area contributed by atoms with Crippen LogP contribution in [-0.4, -0.2) is 6.03 Å².